The van der Waals surface area contributed by atoms with Crippen LogP contribution in [0.1, 0.15) is 22.9 Å². The molecule has 1 unspecified atom stereocenters. The molecule has 10 rings (SSSR count). The van der Waals surface area contributed by atoms with E-state index in [4.69, 9.17) is 19.4 Å². The number of nitrogens with one attached hydrogen (secondary N) is 1. The van der Waals surface area contributed by atoms with Gasteiger partial charge >= 0.3 is 0 Å². The van der Waals surface area contributed by atoms with Gasteiger partial charge in [0.25, 0.3) is 0 Å². The molecule has 0 saturated carbocycles. The van der Waals surface area contributed by atoms with Gasteiger partial charge in [-0.25, -0.2) is 15.0 Å². The molecule has 1 aliphatic heterocycles. The number of aromatic nitrogens is 1. The molecular weight excluding hydrogens is 625 g/mol. The number of benzene rings is 7. The van der Waals surface area contributed by atoms with Crippen LogP contribution in [0.4, 0.5) is 0 Å². The minimum atomic E-state index is -0.243. The number of fused-ring (bicyclic) bond motifs is 7. The lowest BCUT2D eigenvalue weighted by Gasteiger charge is -2.23. The van der Waals surface area contributed by atoms with E-state index in [0.717, 1.165) is 77.8 Å². The first-order valence-corrected chi connectivity index (χ1v) is 17.1. The number of nitrogens with zero attached hydrogens (tertiary/aromatic N) is 3. The molecule has 5 heteroatoms. The van der Waals surface area contributed by atoms with Crippen LogP contribution < -0.4 is 5.32 Å². The Labute approximate surface area is 294 Å². The summed E-state index contributed by atoms with van der Waals surface area (Å²) in [6.07, 6.45) is -0.243. The maximum absolute atomic E-state index is 6.61. The second kappa shape index (κ2) is 11.9. The summed E-state index contributed by atoms with van der Waals surface area (Å²) in [6.45, 7) is 0. The van der Waals surface area contributed by atoms with Gasteiger partial charge in [-0.05, 0) is 45.7 Å². The molecule has 1 atom stereocenters. The molecule has 240 valence electrons. The van der Waals surface area contributed by atoms with Crippen molar-refractivity contribution >= 4 is 55.3 Å². The molecule has 0 saturated heterocycles. The highest BCUT2D eigenvalue weighted by atomic mass is 16.3. The normalized spacial score (nSPS) is 14.5. The molecule has 9 aromatic rings. The number of furan rings is 1. The minimum absolute atomic E-state index is 0.243. The summed E-state index contributed by atoms with van der Waals surface area (Å²) in [5.41, 5.74) is 9.70. The van der Waals surface area contributed by atoms with Gasteiger partial charge < -0.3 is 9.73 Å². The van der Waals surface area contributed by atoms with Gasteiger partial charge in [-0.1, -0.05) is 152 Å². The fourth-order valence-corrected chi connectivity index (χ4v) is 7.23. The van der Waals surface area contributed by atoms with Crippen molar-refractivity contribution in [2.75, 3.05) is 0 Å². The fraction of sp³-hybridized carbons (Fsp3) is 0.0217. The van der Waals surface area contributed by atoms with Gasteiger partial charge in [0.1, 0.15) is 23.3 Å². The number of aliphatic imine (C=N–C) groups is 2. The summed E-state index contributed by atoms with van der Waals surface area (Å²) in [6, 6.07) is 58.6. The quantitative estimate of drug-likeness (QED) is 0.188. The van der Waals surface area contributed by atoms with Crippen LogP contribution in [0, 0.1) is 0 Å². The number of amidine groups is 2. The Balaban J connectivity index is 1.05. The third-order valence-corrected chi connectivity index (χ3v) is 9.72. The van der Waals surface area contributed by atoms with Gasteiger partial charge in [0.05, 0.1) is 5.52 Å². The van der Waals surface area contributed by atoms with E-state index < -0.39 is 0 Å². The molecule has 2 aromatic heterocycles. The average molecular weight is 655 g/mol. The molecule has 0 radical (unpaired) electrons. The molecule has 3 heterocycles. The summed E-state index contributed by atoms with van der Waals surface area (Å²) >= 11 is 0. The highest BCUT2D eigenvalue weighted by molar-refractivity contribution is 6.27. The standard InChI is InChI=1S/C46H30N4O/c1-3-13-31(14-4-1)44-48-45(32-15-5-2-6-16-32)50-46(49-44)33-24-22-29(23-25-33)34-17-11-18-35(28-34)42-43-41(37-20-9-10-21-39(37)51-43)40-36-19-8-7-12-30(36)26-27-38(40)47-42/h1-28,44H,(H,48,49,50). The van der Waals surface area contributed by atoms with E-state index in [1.54, 1.807) is 0 Å². The van der Waals surface area contributed by atoms with Gasteiger partial charge in [-0.15, -0.1) is 0 Å². The number of hydrogen-bond acceptors (Lipinski definition) is 5. The lowest BCUT2D eigenvalue weighted by atomic mass is 9.96. The largest absolute Gasteiger partial charge is 0.454 e. The van der Waals surface area contributed by atoms with E-state index in [1.807, 2.05) is 48.5 Å². The van der Waals surface area contributed by atoms with Crippen molar-refractivity contribution in [1.29, 1.82) is 0 Å². The SMILES string of the molecule is c1ccc(C2=NC(c3ccccc3)NC(c3ccc(-c4cccc(-c5nc6ccc7ccccc7c6c6c5oc5ccccc56)c4)cc3)=N2)cc1. The number of pyridine rings is 1. The van der Waals surface area contributed by atoms with Crippen LogP contribution in [0.3, 0.4) is 0 Å². The lowest BCUT2D eigenvalue weighted by molar-refractivity contribution is 0.669. The van der Waals surface area contributed by atoms with Crippen LogP contribution in [0.25, 0.3) is 66.0 Å². The Morgan fingerprint density at radius 1 is 0.510 bits per heavy atom. The van der Waals surface area contributed by atoms with Gasteiger partial charge in [-0.2, -0.15) is 0 Å². The molecule has 0 fully saturated rings. The Bertz CT molecular complexity index is 2820. The topological polar surface area (TPSA) is 62.8 Å². The van der Waals surface area contributed by atoms with E-state index >= 15 is 0 Å². The molecule has 0 spiro atoms. The highest BCUT2D eigenvalue weighted by Gasteiger charge is 2.22. The second-order valence-electron chi connectivity index (χ2n) is 12.8. The molecule has 5 nitrogen and oxygen atoms in total. The van der Waals surface area contributed by atoms with E-state index in [0.29, 0.717) is 5.84 Å². The van der Waals surface area contributed by atoms with Crippen LogP contribution in [0.2, 0.25) is 0 Å². The Hall–Kier alpha value is -6.85. The van der Waals surface area contributed by atoms with Gasteiger partial charge in [0, 0.05) is 32.8 Å². The van der Waals surface area contributed by atoms with Crippen molar-refractivity contribution in [3.05, 3.63) is 187 Å². The van der Waals surface area contributed by atoms with Crippen LogP contribution in [0.5, 0.6) is 0 Å². The zero-order valence-corrected chi connectivity index (χ0v) is 27.5. The maximum atomic E-state index is 6.61. The Morgan fingerprint density at radius 3 is 2.04 bits per heavy atom. The molecule has 7 aromatic carbocycles. The lowest BCUT2D eigenvalue weighted by Crippen LogP contribution is -2.33. The predicted molar refractivity (Wildman–Crippen MR) is 209 cm³/mol. The number of rotatable bonds is 5. The average Bonchev–Trinajstić information content (AvgIpc) is 3.61. The highest BCUT2D eigenvalue weighted by Crippen LogP contribution is 2.42. The molecule has 1 N–H and O–H groups in total. The van der Waals surface area contributed by atoms with Crippen molar-refractivity contribution in [2.45, 2.75) is 6.17 Å². The van der Waals surface area contributed by atoms with Crippen molar-refractivity contribution in [3.8, 4) is 22.4 Å². The van der Waals surface area contributed by atoms with E-state index in [2.05, 4.69) is 127 Å². The molecule has 0 bridgehead atoms. The number of para-hydroxylation sites is 1. The summed E-state index contributed by atoms with van der Waals surface area (Å²) < 4.78 is 6.61. The third kappa shape index (κ3) is 5.06. The fourth-order valence-electron chi connectivity index (χ4n) is 7.23. The van der Waals surface area contributed by atoms with Crippen LogP contribution in [-0.2, 0) is 0 Å². The van der Waals surface area contributed by atoms with Gasteiger partial charge in [0.15, 0.2) is 11.4 Å². The molecule has 51 heavy (non-hydrogen) atoms. The van der Waals surface area contributed by atoms with Crippen molar-refractivity contribution in [1.82, 2.24) is 10.3 Å². The summed E-state index contributed by atoms with van der Waals surface area (Å²) in [5.74, 6) is 1.50. The van der Waals surface area contributed by atoms with E-state index in [-0.39, 0.29) is 6.17 Å². The Kier molecular flexibility index (Phi) is 6.81. The third-order valence-electron chi connectivity index (χ3n) is 9.72. The smallest absolute Gasteiger partial charge is 0.162 e. The zero-order chi connectivity index (χ0) is 33.7. The van der Waals surface area contributed by atoms with Crippen LogP contribution in [0.15, 0.2) is 184 Å². The monoisotopic (exact) mass is 654 g/mol. The Morgan fingerprint density at radius 2 is 1.20 bits per heavy atom. The first-order valence-electron chi connectivity index (χ1n) is 17.1. The molecule has 1 aliphatic rings. The molecule has 0 amide bonds. The summed E-state index contributed by atoms with van der Waals surface area (Å²) in [5, 5.41) is 9.25. The first kappa shape index (κ1) is 29.1. The summed E-state index contributed by atoms with van der Waals surface area (Å²) in [7, 11) is 0. The molecular formula is C46H30N4O. The van der Waals surface area contributed by atoms with E-state index in [9.17, 15) is 0 Å². The minimum Gasteiger partial charge on any atom is -0.454 e. The van der Waals surface area contributed by atoms with Crippen LogP contribution >= 0.6 is 0 Å². The first-order chi connectivity index (χ1) is 25.3. The van der Waals surface area contributed by atoms with Crippen molar-refractivity contribution < 1.29 is 4.42 Å². The number of hydrogen-bond donors (Lipinski definition) is 1. The van der Waals surface area contributed by atoms with Crippen molar-refractivity contribution in [2.24, 2.45) is 9.98 Å². The second-order valence-corrected chi connectivity index (χ2v) is 12.8. The predicted octanol–water partition coefficient (Wildman–Crippen LogP) is 11.1. The molecule has 0 aliphatic carbocycles. The van der Waals surface area contributed by atoms with Crippen molar-refractivity contribution in [3.63, 3.8) is 0 Å². The van der Waals surface area contributed by atoms with Crippen LogP contribution in [-0.4, -0.2) is 16.7 Å². The van der Waals surface area contributed by atoms with Gasteiger partial charge in [-0.3, -0.25) is 0 Å². The zero-order valence-electron chi connectivity index (χ0n) is 27.5. The van der Waals surface area contributed by atoms with Gasteiger partial charge in [0.2, 0.25) is 0 Å². The summed E-state index contributed by atoms with van der Waals surface area (Å²) in [4.78, 5) is 15.2. The maximum Gasteiger partial charge on any atom is 0.162 e. The van der Waals surface area contributed by atoms with E-state index in [1.165, 1.54) is 10.8 Å².